The number of amides is 1. The second-order valence-electron chi connectivity index (χ2n) is 2.78. The van der Waals surface area contributed by atoms with Crippen molar-refractivity contribution >= 4 is 5.91 Å². The van der Waals surface area contributed by atoms with Crippen molar-refractivity contribution in [3.05, 3.63) is 35.4 Å². The monoisotopic (exact) mass is 162 g/mol. The lowest BCUT2D eigenvalue weighted by Gasteiger charge is -2.18. The standard InChI is InChI=1S/C9H8NO2/c11-8-5-6-3-1-2-4-7(6)9(12)10-8/h1-4,8,11H,5H2. The number of aliphatic hydroxyl groups is 1. The number of rotatable bonds is 0. The fraction of sp³-hybridized carbons (Fsp3) is 0.222. The summed E-state index contributed by atoms with van der Waals surface area (Å²) < 4.78 is 0. The number of nitrogens with zero attached hydrogens (tertiary/aromatic N) is 1. The Balaban J connectivity index is 2.47. The van der Waals surface area contributed by atoms with Gasteiger partial charge in [-0.1, -0.05) is 18.2 Å². The van der Waals surface area contributed by atoms with Crippen molar-refractivity contribution in [1.82, 2.24) is 5.32 Å². The van der Waals surface area contributed by atoms with Gasteiger partial charge in [-0.25, -0.2) is 5.32 Å². The van der Waals surface area contributed by atoms with Gasteiger partial charge in [0, 0.05) is 12.0 Å². The van der Waals surface area contributed by atoms with E-state index in [9.17, 15) is 4.79 Å². The Labute approximate surface area is 70.0 Å². The number of fused-ring (bicyclic) bond motifs is 1. The molecule has 1 radical (unpaired) electrons. The average molecular weight is 162 g/mol. The van der Waals surface area contributed by atoms with Gasteiger partial charge in [0.1, 0.15) is 0 Å². The summed E-state index contributed by atoms with van der Waals surface area (Å²) >= 11 is 0. The zero-order valence-corrected chi connectivity index (χ0v) is 6.40. The molecule has 0 fully saturated rings. The van der Waals surface area contributed by atoms with Crippen LogP contribution in [-0.4, -0.2) is 17.2 Å². The van der Waals surface area contributed by atoms with Crippen molar-refractivity contribution in [2.45, 2.75) is 12.6 Å². The first-order valence-electron chi connectivity index (χ1n) is 3.78. The van der Waals surface area contributed by atoms with Crippen LogP contribution in [0, 0.1) is 0 Å². The van der Waals surface area contributed by atoms with Crippen LogP contribution in [-0.2, 0) is 6.42 Å². The summed E-state index contributed by atoms with van der Waals surface area (Å²) in [4.78, 5) is 11.2. The zero-order chi connectivity index (χ0) is 8.55. The van der Waals surface area contributed by atoms with E-state index >= 15 is 0 Å². The van der Waals surface area contributed by atoms with Crippen molar-refractivity contribution in [3.63, 3.8) is 0 Å². The fourth-order valence-corrected chi connectivity index (χ4v) is 1.35. The summed E-state index contributed by atoms with van der Waals surface area (Å²) in [6, 6.07) is 7.21. The van der Waals surface area contributed by atoms with Gasteiger partial charge in [-0.15, -0.1) is 0 Å². The molecule has 3 heteroatoms. The molecule has 0 aliphatic carbocycles. The first-order chi connectivity index (χ1) is 5.77. The van der Waals surface area contributed by atoms with Crippen LogP contribution < -0.4 is 5.32 Å². The van der Waals surface area contributed by atoms with Gasteiger partial charge in [-0.3, -0.25) is 4.79 Å². The molecule has 1 aromatic carbocycles. The Bertz CT molecular complexity index is 322. The molecule has 12 heavy (non-hydrogen) atoms. The summed E-state index contributed by atoms with van der Waals surface area (Å²) in [5.41, 5.74) is 1.49. The molecule has 1 N–H and O–H groups in total. The molecule has 1 aliphatic heterocycles. The minimum atomic E-state index is -0.854. The van der Waals surface area contributed by atoms with Crippen LogP contribution in [0.4, 0.5) is 0 Å². The predicted molar refractivity (Wildman–Crippen MR) is 42.6 cm³/mol. The molecule has 0 aromatic heterocycles. The highest BCUT2D eigenvalue weighted by molar-refractivity contribution is 5.96. The molecule has 1 atom stereocenters. The Hall–Kier alpha value is -1.35. The van der Waals surface area contributed by atoms with Crippen LogP contribution >= 0.6 is 0 Å². The quantitative estimate of drug-likeness (QED) is 0.596. The number of hydrogen-bond acceptors (Lipinski definition) is 2. The minimum absolute atomic E-state index is 0.315. The van der Waals surface area contributed by atoms with E-state index in [2.05, 4.69) is 5.32 Å². The van der Waals surface area contributed by atoms with Crippen LogP contribution in [0.25, 0.3) is 0 Å². The maximum atomic E-state index is 11.2. The molecule has 0 saturated carbocycles. The number of benzene rings is 1. The highest BCUT2D eigenvalue weighted by atomic mass is 16.3. The summed E-state index contributed by atoms with van der Waals surface area (Å²) in [6.45, 7) is 0. The number of carbonyl (C=O) groups is 1. The van der Waals surface area contributed by atoms with Crippen molar-refractivity contribution in [3.8, 4) is 0 Å². The second kappa shape index (κ2) is 2.60. The van der Waals surface area contributed by atoms with Gasteiger partial charge in [-0.05, 0) is 11.6 Å². The van der Waals surface area contributed by atoms with E-state index in [0.717, 1.165) is 5.56 Å². The van der Waals surface area contributed by atoms with E-state index in [1.54, 1.807) is 12.1 Å². The van der Waals surface area contributed by atoms with Crippen molar-refractivity contribution < 1.29 is 9.90 Å². The molecular weight excluding hydrogens is 154 g/mol. The smallest absolute Gasteiger partial charge is 0.275 e. The van der Waals surface area contributed by atoms with Gasteiger partial charge in [-0.2, -0.15) is 0 Å². The third kappa shape index (κ3) is 1.08. The Kier molecular flexibility index (Phi) is 1.59. The molecule has 1 aromatic rings. The highest BCUT2D eigenvalue weighted by Gasteiger charge is 2.23. The van der Waals surface area contributed by atoms with E-state index in [-0.39, 0.29) is 5.91 Å². The molecule has 61 valence electrons. The third-order valence-corrected chi connectivity index (χ3v) is 1.92. The van der Waals surface area contributed by atoms with E-state index < -0.39 is 6.23 Å². The minimum Gasteiger partial charge on any atom is -0.371 e. The third-order valence-electron chi connectivity index (χ3n) is 1.92. The van der Waals surface area contributed by atoms with Gasteiger partial charge in [0.25, 0.3) is 5.91 Å². The van der Waals surface area contributed by atoms with Crippen molar-refractivity contribution in [2.75, 3.05) is 0 Å². The lowest BCUT2D eigenvalue weighted by atomic mass is 10.00. The van der Waals surface area contributed by atoms with Crippen LogP contribution in [0.3, 0.4) is 0 Å². The van der Waals surface area contributed by atoms with Crippen molar-refractivity contribution in [2.24, 2.45) is 0 Å². The van der Waals surface area contributed by atoms with Crippen LogP contribution in [0.5, 0.6) is 0 Å². The number of hydrogen-bond donors (Lipinski definition) is 1. The van der Waals surface area contributed by atoms with Crippen molar-refractivity contribution in [1.29, 1.82) is 0 Å². The fourth-order valence-electron chi connectivity index (χ4n) is 1.35. The molecule has 2 rings (SSSR count). The summed E-state index contributed by atoms with van der Waals surface area (Å²) in [7, 11) is 0. The molecule has 0 spiro atoms. The summed E-state index contributed by atoms with van der Waals surface area (Å²) in [6.07, 6.45) is -0.408. The maximum absolute atomic E-state index is 11.2. The molecule has 0 saturated heterocycles. The molecule has 0 bridgehead atoms. The predicted octanol–water partition coefficient (Wildman–Crippen LogP) is 0.306. The molecule has 1 heterocycles. The van der Waals surface area contributed by atoms with E-state index in [1.165, 1.54) is 0 Å². The first-order valence-corrected chi connectivity index (χ1v) is 3.78. The zero-order valence-electron chi connectivity index (χ0n) is 6.40. The Morgan fingerprint density at radius 2 is 2.17 bits per heavy atom. The number of aliphatic hydroxyl groups excluding tert-OH is 1. The maximum Gasteiger partial charge on any atom is 0.275 e. The molecular formula is C9H8NO2. The number of carbonyl (C=O) groups excluding carboxylic acids is 1. The van der Waals surface area contributed by atoms with E-state index in [4.69, 9.17) is 5.11 Å². The molecule has 1 unspecified atom stereocenters. The molecule has 1 aliphatic rings. The Morgan fingerprint density at radius 3 is 3.00 bits per heavy atom. The van der Waals surface area contributed by atoms with Crippen LogP contribution in [0.1, 0.15) is 15.9 Å². The molecule has 3 nitrogen and oxygen atoms in total. The molecule has 1 amide bonds. The van der Waals surface area contributed by atoms with Gasteiger partial charge >= 0.3 is 0 Å². The lowest BCUT2D eigenvalue weighted by Crippen LogP contribution is -2.35. The van der Waals surface area contributed by atoms with E-state index in [0.29, 0.717) is 12.0 Å². The topological polar surface area (TPSA) is 51.4 Å². The lowest BCUT2D eigenvalue weighted by molar-refractivity contribution is 0.0733. The van der Waals surface area contributed by atoms with Gasteiger partial charge in [0.05, 0.1) is 0 Å². The van der Waals surface area contributed by atoms with E-state index in [1.807, 2.05) is 12.1 Å². The van der Waals surface area contributed by atoms with Crippen LogP contribution in [0.2, 0.25) is 0 Å². The second-order valence-corrected chi connectivity index (χ2v) is 2.78. The van der Waals surface area contributed by atoms with Gasteiger partial charge in [0.2, 0.25) is 0 Å². The normalized spacial score (nSPS) is 21.4. The highest BCUT2D eigenvalue weighted by Crippen LogP contribution is 2.15. The first kappa shape index (κ1) is 7.31. The van der Waals surface area contributed by atoms with Gasteiger partial charge < -0.3 is 5.11 Å². The summed E-state index contributed by atoms with van der Waals surface area (Å²) in [5.74, 6) is -0.315. The van der Waals surface area contributed by atoms with Gasteiger partial charge in [0.15, 0.2) is 6.23 Å². The SMILES string of the molecule is O=C1[N]C(O)Cc2ccccc21. The average Bonchev–Trinajstić information content (AvgIpc) is 2.04. The largest absolute Gasteiger partial charge is 0.371 e. The Morgan fingerprint density at radius 1 is 1.42 bits per heavy atom. The summed E-state index contributed by atoms with van der Waals surface area (Å²) in [5, 5.41) is 12.7. The van der Waals surface area contributed by atoms with Crippen LogP contribution in [0.15, 0.2) is 24.3 Å².